The van der Waals surface area contributed by atoms with Gasteiger partial charge in [0.05, 0.1) is 6.54 Å². The van der Waals surface area contributed by atoms with Crippen LogP contribution in [0.3, 0.4) is 0 Å². The summed E-state index contributed by atoms with van der Waals surface area (Å²) in [4.78, 5) is 11.7. The van der Waals surface area contributed by atoms with Crippen molar-refractivity contribution in [1.29, 1.82) is 0 Å². The largest absolute Gasteiger partial charge is 0.372 e. The van der Waals surface area contributed by atoms with Gasteiger partial charge in [-0.25, -0.2) is 0 Å². The van der Waals surface area contributed by atoms with E-state index in [4.69, 9.17) is 0 Å². The molecule has 0 aliphatic heterocycles. The van der Waals surface area contributed by atoms with Crippen LogP contribution >= 0.6 is 0 Å². The van der Waals surface area contributed by atoms with Crippen LogP contribution in [0.15, 0.2) is 30.6 Å². The van der Waals surface area contributed by atoms with Gasteiger partial charge in [-0.1, -0.05) is 0 Å². The first-order chi connectivity index (χ1) is 8.79. The van der Waals surface area contributed by atoms with E-state index in [0.29, 0.717) is 24.6 Å². The van der Waals surface area contributed by atoms with Crippen molar-refractivity contribution < 1.29 is 4.79 Å². The number of carbonyl (C=O) groups is 1. The lowest BCUT2D eigenvalue weighted by molar-refractivity contribution is 0.0946. The number of carbonyl (C=O) groups excluding carboxylic acids is 1. The molecule has 7 heteroatoms. The summed E-state index contributed by atoms with van der Waals surface area (Å²) in [5, 5.41) is 17.3. The molecule has 2 rings (SSSR count). The standard InChI is InChI=1S/C11H14N6O/c1-12-10-4-3-9(15-16-10)11(18)13-6-8-17-7-2-5-14-17/h2-5,7H,6,8H2,1H3,(H,12,16)(H,13,18). The van der Waals surface area contributed by atoms with Crippen LogP contribution in [-0.4, -0.2) is 39.5 Å². The predicted octanol–water partition coefficient (Wildman–Crippen LogP) is 0.145. The second kappa shape index (κ2) is 5.76. The summed E-state index contributed by atoms with van der Waals surface area (Å²) in [6, 6.07) is 5.17. The van der Waals surface area contributed by atoms with Crippen LogP contribution in [0.5, 0.6) is 0 Å². The van der Waals surface area contributed by atoms with Crippen LogP contribution in [-0.2, 0) is 6.54 Å². The molecule has 0 atom stereocenters. The number of nitrogens with zero attached hydrogens (tertiary/aromatic N) is 4. The molecule has 2 N–H and O–H groups in total. The van der Waals surface area contributed by atoms with Gasteiger partial charge < -0.3 is 10.6 Å². The average molecular weight is 246 g/mol. The summed E-state index contributed by atoms with van der Waals surface area (Å²) in [6.07, 6.45) is 3.54. The zero-order valence-electron chi connectivity index (χ0n) is 10.00. The number of amides is 1. The van der Waals surface area contributed by atoms with Crippen LogP contribution in [0.1, 0.15) is 10.5 Å². The first-order valence-electron chi connectivity index (χ1n) is 5.56. The van der Waals surface area contributed by atoms with Gasteiger partial charge in [-0.15, -0.1) is 10.2 Å². The summed E-state index contributed by atoms with van der Waals surface area (Å²) in [7, 11) is 1.74. The second-order valence-electron chi connectivity index (χ2n) is 3.58. The van der Waals surface area contributed by atoms with Crippen LogP contribution < -0.4 is 10.6 Å². The minimum absolute atomic E-state index is 0.239. The summed E-state index contributed by atoms with van der Waals surface area (Å²) < 4.78 is 1.75. The summed E-state index contributed by atoms with van der Waals surface area (Å²) in [6.45, 7) is 1.12. The molecule has 2 heterocycles. The van der Waals surface area contributed by atoms with Crippen LogP contribution in [0.4, 0.5) is 5.82 Å². The van der Waals surface area contributed by atoms with Gasteiger partial charge in [0.2, 0.25) is 0 Å². The number of nitrogens with one attached hydrogen (secondary N) is 2. The maximum Gasteiger partial charge on any atom is 0.271 e. The lowest BCUT2D eigenvalue weighted by atomic mass is 10.3. The minimum atomic E-state index is -0.239. The highest BCUT2D eigenvalue weighted by molar-refractivity contribution is 5.92. The first kappa shape index (κ1) is 12.0. The van der Waals surface area contributed by atoms with E-state index < -0.39 is 0 Å². The van der Waals surface area contributed by atoms with Gasteiger partial charge in [0.1, 0.15) is 5.82 Å². The third kappa shape index (κ3) is 3.03. The zero-order valence-corrected chi connectivity index (χ0v) is 10.00. The molecule has 7 nitrogen and oxygen atoms in total. The van der Waals surface area contributed by atoms with Crippen molar-refractivity contribution in [3.05, 3.63) is 36.3 Å². The van der Waals surface area contributed by atoms with Gasteiger partial charge in [-0.3, -0.25) is 9.48 Å². The molecule has 2 aromatic heterocycles. The molecule has 18 heavy (non-hydrogen) atoms. The maximum atomic E-state index is 11.7. The maximum absolute atomic E-state index is 11.7. The Morgan fingerprint density at radius 3 is 2.89 bits per heavy atom. The van der Waals surface area contributed by atoms with E-state index in [-0.39, 0.29) is 5.91 Å². The number of hydrogen-bond acceptors (Lipinski definition) is 5. The molecular weight excluding hydrogens is 232 g/mol. The SMILES string of the molecule is CNc1ccc(C(=O)NCCn2cccn2)nn1. The summed E-state index contributed by atoms with van der Waals surface area (Å²) in [5.41, 5.74) is 0.300. The van der Waals surface area contributed by atoms with Crippen molar-refractivity contribution in [3.63, 3.8) is 0 Å². The predicted molar refractivity (Wildman–Crippen MR) is 66.1 cm³/mol. The number of anilines is 1. The highest BCUT2D eigenvalue weighted by atomic mass is 16.1. The van der Waals surface area contributed by atoms with E-state index in [2.05, 4.69) is 25.9 Å². The normalized spacial score (nSPS) is 10.1. The Morgan fingerprint density at radius 1 is 1.39 bits per heavy atom. The van der Waals surface area contributed by atoms with Gasteiger partial charge in [0, 0.05) is 26.0 Å². The lowest BCUT2D eigenvalue weighted by Gasteiger charge is -2.05. The minimum Gasteiger partial charge on any atom is -0.372 e. The first-order valence-corrected chi connectivity index (χ1v) is 5.56. The molecule has 0 radical (unpaired) electrons. The molecule has 1 amide bonds. The van der Waals surface area contributed by atoms with E-state index in [0.717, 1.165) is 0 Å². The van der Waals surface area contributed by atoms with Crippen LogP contribution in [0, 0.1) is 0 Å². The monoisotopic (exact) mass is 246 g/mol. The molecule has 0 aliphatic rings. The van der Waals surface area contributed by atoms with Crippen LogP contribution in [0.25, 0.3) is 0 Å². The van der Waals surface area contributed by atoms with Crippen molar-refractivity contribution in [3.8, 4) is 0 Å². The fourth-order valence-corrected chi connectivity index (χ4v) is 1.39. The van der Waals surface area contributed by atoms with Crippen molar-refractivity contribution in [2.75, 3.05) is 18.9 Å². The molecule has 0 aromatic carbocycles. The molecule has 0 spiro atoms. The average Bonchev–Trinajstić information content (AvgIpc) is 2.92. The van der Waals surface area contributed by atoms with E-state index in [1.807, 2.05) is 12.3 Å². The number of aromatic nitrogens is 4. The Bertz CT molecular complexity index is 493. The summed E-state index contributed by atoms with van der Waals surface area (Å²) in [5.74, 6) is 0.389. The van der Waals surface area contributed by atoms with E-state index in [9.17, 15) is 4.79 Å². The zero-order chi connectivity index (χ0) is 12.8. The van der Waals surface area contributed by atoms with Gasteiger partial charge in [0.25, 0.3) is 5.91 Å². The third-order valence-corrected chi connectivity index (χ3v) is 2.34. The van der Waals surface area contributed by atoms with Crippen molar-refractivity contribution in [2.45, 2.75) is 6.54 Å². The topological polar surface area (TPSA) is 84.7 Å². The quantitative estimate of drug-likeness (QED) is 0.784. The van der Waals surface area contributed by atoms with Gasteiger partial charge in [-0.2, -0.15) is 5.10 Å². The van der Waals surface area contributed by atoms with Gasteiger partial charge in [-0.05, 0) is 18.2 Å². The van der Waals surface area contributed by atoms with Crippen molar-refractivity contribution in [2.24, 2.45) is 0 Å². The van der Waals surface area contributed by atoms with Crippen LogP contribution in [0.2, 0.25) is 0 Å². The Kier molecular flexibility index (Phi) is 3.85. The molecule has 94 valence electrons. The molecule has 0 bridgehead atoms. The fraction of sp³-hybridized carbons (Fsp3) is 0.273. The Balaban J connectivity index is 1.83. The smallest absolute Gasteiger partial charge is 0.271 e. The molecule has 0 saturated carbocycles. The van der Waals surface area contributed by atoms with Gasteiger partial charge in [0.15, 0.2) is 5.69 Å². The van der Waals surface area contributed by atoms with Crippen molar-refractivity contribution >= 4 is 11.7 Å². The molecule has 0 unspecified atom stereocenters. The highest BCUT2D eigenvalue weighted by Gasteiger charge is 2.06. The lowest BCUT2D eigenvalue weighted by Crippen LogP contribution is -2.28. The number of rotatable bonds is 5. The third-order valence-electron chi connectivity index (χ3n) is 2.34. The summed E-state index contributed by atoms with van der Waals surface area (Å²) >= 11 is 0. The van der Waals surface area contributed by atoms with E-state index in [1.165, 1.54) is 0 Å². The molecule has 0 aliphatic carbocycles. The Morgan fingerprint density at radius 2 is 2.28 bits per heavy atom. The molecule has 0 fully saturated rings. The Hall–Kier alpha value is -2.44. The Labute approximate surface area is 104 Å². The highest BCUT2D eigenvalue weighted by Crippen LogP contribution is 2.00. The van der Waals surface area contributed by atoms with Gasteiger partial charge >= 0.3 is 0 Å². The fourth-order valence-electron chi connectivity index (χ4n) is 1.39. The second-order valence-corrected chi connectivity index (χ2v) is 3.58. The molecule has 0 saturated heterocycles. The van der Waals surface area contributed by atoms with Crippen molar-refractivity contribution in [1.82, 2.24) is 25.3 Å². The number of hydrogen-bond donors (Lipinski definition) is 2. The molecule has 2 aromatic rings. The van der Waals surface area contributed by atoms with E-state index >= 15 is 0 Å². The van der Waals surface area contributed by atoms with E-state index in [1.54, 1.807) is 30.1 Å². The molecular formula is C11H14N6O.